The molecule has 1 nitrogen and oxygen atoms in total. The highest BCUT2D eigenvalue weighted by molar-refractivity contribution is 6.19. The normalized spacial score (nSPS) is 14.9. The summed E-state index contributed by atoms with van der Waals surface area (Å²) in [6, 6.07) is 56.6. The van der Waals surface area contributed by atoms with Crippen LogP contribution in [0.5, 0.6) is 0 Å². The summed E-state index contributed by atoms with van der Waals surface area (Å²) in [5.41, 5.74) is 14.4. The number of para-hydroxylation sites is 1. The van der Waals surface area contributed by atoms with Crippen molar-refractivity contribution < 1.29 is 0 Å². The summed E-state index contributed by atoms with van der Waals surface area (Å²) in [6.45, 7) is 9.54. The molecule has 234 valence electrons. The fourth-order valence-corrected chi connectivity index (χ4v) is 9.21. The van der Waals surface area contributed by atoms with E-state index in [1.54, 1.807) is 0 Å². The van der Waals surface area contributed by atoms with Crippen LogP contribution >= 0.6 is 0 Å². The van der Waals surface area contributed by atoms with Crippen LogP contribution in [0.15, 0.2) is 152 Å². The smallest absolute Gasteiger partial charge is 0.0468 e. The lowest BCUT2D eigenvalue weighted by atomic mass is 9.79. The molecule has 49 heavy (non-hydrogen) atoms. The van der Waals surface area contributed by atoms with Crippen molar-refractivity contribution >= 4 is 49.4 Å². The molecule has 2 aliphatic carbocycles. The predicted octanol–water partition coefficient (Wildman–Crippen LogP) is 13.2. The Labute approximate surface area is 288 Å². The van der Waals surface area contributed by atoms with E-state index in [1.807, 2.05) is 0 Å². The number of anilines is 3. The first-order chi connectivity index (χ1) is 23.8. The van der Waals surface area contributed by atoms with Crippen LogP contribution in [-0.4, -0.2) is 0 Å². The van der Waals surface area contributed by atoms with Gasteiger partial charge in [-0.3, -0.25) is 0 Å². The van der Waals surface area contributed by atoms with E-state index in [1.165, 1.54) is 82.5 Å². The summed E-state index contributed by atoms with van der Waals surface area (Å²) in [6.07, 6.45) is 0. The molecule has 0 spiro atoms. The average Bonchev–Trinajstić information content (AvgIpc) is 3.50. The highest BCUT2D eigenvalue weighted by atomic mass is 15.1. The molecule has 0 fully saturated rings. The highest BCUT2D eigenvalue weighted by Gasteiger charge is 2.39. The Balaban J connectivity index is 1.17. The van der Waals surface area contributed by atoms with Gasteiger partial charge in [0.2, 0.25) is 0 Å². The molecule has 10 rings (SSSR count). The molecule has 0 saturated carbocycles. The fraction of sp³-hybridized carbons (Fsp3) is 0.125. The van der Waals surface area contributed by atoms with Crippen molar-refractivity contribution in [2.75, 3.05) is 4.90 Å². The van der Waals surface area contributed by atoms with Crippen LogP contribution in [-0.2, 0) is 10.8 Å². The standard InChI is InChI=1S/C48H37N/c1-47(2)42-21-13-12-18-37(42)38-25-24-34(29-44(38)47)49(32-14-6-5-7-15-32)33-23-22-30-27-41-43(28-31(30)26-33)48(3,4)46-40-20-11-9-17-36(40)35-16-8-10-19-39(35)45(41)46/h5-29H,1-4H3. The molecule has 0 unspecified atom stereocenters. The molecule has 0 heterocycles. The molecule has 0 bridgehead atoms. The summed E-state index contributed by atoms with van der Waals surface area (Å²) >= 11 is 0. The van der Waals surface area contributed by atoms with Gasteiger partial charge in [0.1, 0.15) is 0 Å². The maximum absolute atomic E-state index is 2.48. The van der Waals surface area contributed by atoms with E-state index in [4.69, 9.17) is 0 Å². The van der Waals surface area contributed by atoms with Crippen LogP contribution in [0.3, 0.4) is 0 Å². The van der Waals surface area contributed by atoms with Gasteiger partial charge in [-0.1, -0.05) is 131 Å². The third-order valence-electron chi connectivity index (χ3n) is 11.6. The summed E-state index contributed by atoms with van der Waals surface area (Å²) in [7, 11) is 0. The molecule has 0 N–H and O–H groups in total. The molecule has 8 aromatic rings. The summed E-state index contributed by atoms with van der Waals surface area (Å²) < 4.78 is 0. The van der Waals surface area contributed by atoms with Crippen LogP contribution in [0.4, 0.5) is 17.1 Å². The Hall–Kier alpha value is -5.66. The van der Waals surface area contributed by atoms with E-state index in [2.05, 4.69) is 184 Å². The Bertz CT molecular complexity index is 2660. The van der Waals surface area contributed by atoms with Crippen molar-refractivity contribution in [3.63, 3.8) is 0 Å². The number of benzene rings is 8. The van der Waals surface area contributed by atoms with Gasteiger partial charge in [-0.25, -0.2) is 0 Å². The SMILES string of the molecule is CC1(C)c2ccccc2-c2ccc(N(c3ccccc3)c3ccc4cc5c(cc4c3)C(C)(C)c3c-5c4ccccc4c4ccccc34)cc21. The van der Waals surface area contributed by atoms with Gasteiger partial charge in [0.25, 0.3) is 0 Å². The summed E-state index contributed by atoms with van der Waals surface area (Å²) in [5, 5.41) is 7.90. The Morgan fingerprint density at radius 2 is 0.959 bits per heavy atom. The van der Waals surface area contributed by atoms with Gasteiger partial charge in [0, 0.05) is 27.9 Å². The number of nitrogens with zero attached hydrogens (tertiary/aromatic N) is 1. The van der Waals surface area contributed by atoms with Crippen LogP contribution in [0.1, 0.15) is 49.9 Å². The number of hydrogen-bond acceptors (Lipinski definition) is 1. The van der Waals surface area contributed by atoms with Crippen molar-refractivity contribution in [2.24, 2.45) is 0 Å². The number of fused-ring (bicyclic) bond motifs is 12. The average molecular weight is 628 g/mol. The molecule has 1 heteroatoms. The van der Waals surface area contributed by atoms with Crippen LogP contribution in [0.2, 0.25) is 0 Å². The van der Waals surface area contributed by atoms with Crippen molar-refractivity contribution in [1.82, 2.24) is 0 Å². The van der Waals surface area contributed by atoms with Crippen molar-refractivity contribution in [1.29, 1.82) is 0 Å². The zero-order valence-corrected chi connectivity index (χ0v) is 28.4. The van der Waals surface area contributed by atoms with Gasteiger partial charge in [0.15, 0.2) is 0 Å². The lowest BCUT2D eigenvalue weighted by molar-refractivity contribution is 0.660. The Kier molecular flexibility index (Phi) is 5.75. The summed E-state index contributed by atoms with van der Waals surface area (Å²) in [4.78, 5) is 2.42. The minimum atomic E-state index is -0.141. The lowest BCUT2D eigenvalue weighted by Crippen LogP contribution is -2.16. The first-order valence-electron chi connectivity index (χ1n) is 17.4. The van der Waals surface area contributed by atoms with Gasteiger partial charge in [-0.05, 0) is 125 Å². The monoisotopic (exact) mass is 627 g/mol. The van der Waals surface area contributed by atoms with Crippen molar-refractivity contribution in [3.05, 3.63) is 174 Å². The molecule has 0 saturated heterocycles. The number of rotatable bonds is 3. The maximum Gasteiger partial charge on any atom is 0.0468 e. The zero-order chi connectivity index (χ0) is 33.1. The Morgan fingerprint density at radius 1 is 0.367 bits per heavy atom. The second-order valence-corrected chi connectivity index (χ2v) is 15.0. The fourth-order valence-electron chi connectivity index (χ4n) is 9.21. The van der Waals surface area contributed by atoms with E-state index in [-0.39, 0.29) is 10.8 Å². The van der Waals surface area contributed by atoms with E-state index in [0.717, 1.165) is 11.4 Å². The third kappa shape index (κ3) is 3.88. The molecule has 0 atom stereocenters. The van der Waals surface area contributed by atoms with Gasteiger partial charge >= 0.3 is 0 Å². The zero-order valence-electron chi connectivity index (χ0n) is 28.4. The van der Waals surface area contributed by atoms with Gasteiger partial charge in [-0.2, -0.15) is 0 Å². The van der Waals surface area contributed by atoms with E-state index in [0.29, 0.717) is 0 Å². The van der Waals surface area contributed by atoms with Crippen LogP contribution in [0.25, 0.3) is 54.6 Å². The minimum Gasteiger partial charge on any atom is -0.310 e. The molecule has 2 aliphatic rings. The largest absolute Gasteiger partial charge is 0.310 e. The second-order valence-electron chi connectivity index (χ2n) is 15.0. The quantitative estimate of drug-likeness (QED) is 0.176. The van der Waals surface area contributed by atoms with Crippen LogP contribution < -0.4 is 4.90 Å². The minimum absolute atomic E-state index is 0.0663. The van der Waals surface area contributed by atoms with Crippen molar-refractivity contribution in [2.45, 2.75) is 38.5 Å². The van der Waals surface area contributed by atoms with Gasteiger partial charge < -0.3 is 4.90 Å². The summed E-state index contributed by atoms with van der Waals surface area (Å²) in [5.74, 6) is 0. The van der Waals surface area contributed by atoms with Crippen molar-refractivity contribution in [3.8, 4) is 22.3 Å². The predicted molar refractivity (Wildman–Crippen MR) is 209 cm³/mol. The molecular formula is C48H37N. The van der Waals surface area contributed by atoms with E-state index < -0.39 is 0 Å². The van der Waals surface area contributed by atoms with Crippen LogP contribution in [0, 0.1) is 0 Å². The molecule has 0 aliphatic heterocycles. The molecular weight excluding hydrogens is 591 g/mol. The Morgan fingerprint density at radius 3 is 1.76 bits per heavy atom. The van der Waals surface area contributed by atoms with E-state index in [9.17, 15) is 0 Å². The van der Waals surface area contributed by atoms with Gasteiger partial charge in [0.05, 0.1) is 0 Å². The second kappa shape index (κ2) is 9.94. The number of hydrogen-bond donors (Lipinski definition) is 0. The molecule has 0 radical (unpaired) electrons. The topological polar surface area (TPSA) is 3.24 Å². The third-order valence-corrected chi connectivity index (χ3v) is 11.6. The van der Waals surface area contributed by atoms with Gasteiger partial charge in [-0.15, -0.1) is 0 Å². The molecule has 0 aromatic heterocycles. The first-order valence-corrected chi connectivity index (χ1v) is 17.4. The van der Waals surface area contributed by atoms with E-state index >= 15 is 0 Å². The highest BCUT2D eigenvalue weighted by Crippen LogP contribution is 2.56. The molecule has 0 amide bonds. The maximum atomic E-state index is 2.48. The first kappa shape index (κ1) is 28.4. The molecule has 8 aromatic carbocycles. The lowest BCUT2D eigenvalue weighted by Gasteiger charge is -2.28.